The number of nitrogens with two attached hydrogens (primary N) is 1. The monoisotopic (exact) mass is 398 g/mol. The van der Waals surface area contributed by atoms with E-state index in [1.165, 1.54) is 6.08 Å². The van der Waals surface area contributed by atoms with Gasteiger partial charge in [0.25, 0.3) is 0 Å². The number of hydrogen-bond donors (Lipinski definition) is 6. The van der Waals surface area contributed by atoms with E-state index < -0.39 is 47.7 Å². The second-order valence-electron chi connectivity index (χ2n) is 6.17. The minimum atomic E-state index is -1.41. The normalized spacial score (nSPS) is 21.4. The van der Waals surface area contributed by atoms with Gasteiger partial charge in [-0.3, -0.25) is 9.59 Å². The number of hydrogen-bond acceptors (Lipinski definition) is 5. The zero-order valence-electron chi connectivity index (χ0n) is 14.6. The molecule has 0 bridgehead atoms. The highest BCUT2D eigenvalue weighted by Crippen LogP contribution is 2.20. The van der Waals surface area contributed by atoms with Gasteiger partial charge in [-0.2, -0.15) is 0 Å². The van der Waals surface area contributed by atoms with Crippen LogP contribution >= 0.6 is 0 Å². The van der Waals surface area contributed by atoms with Gasteiger partial charge >= 0.3 is 6.03 Å². The Kier molecular flexibility index (Phi) is 7.01. The number of carbonyl (C=O) groups is 3. The standard InChI is InChI=1S/C17H20F2N4O5/c18-9-1-2-11(10(19)7-9)22-17(28)23-12-5-8(6-13(24)15(12)26)16(27)21-4-3-14(20)25/h1-2,5,7,12-13,15,24,26H,3-4,6H2,(H2,20,25)(H,21,27)(H2,22,23,28)/t12-,13-,15-/m1/s1. The number of benzene rings is 1. The molecule has 7 N–H and O–H groups in total. The van der Waals surface area contributed by atoms with Crippen molar-refractivity contribution in [2.24, 2.45) is 5.73 Å². The van der Waals surface area contributed by atoms with Crippen molar-refractivity contribution in [3.8, 4) is 0 Å². The van der Waals surface area contributed by atoms with Gasteiger partial charge < -0.3 is 31.9 Å². The number of amides is 4. The molecule has 11 heteroatoms. The molecule has 2 rings (SSSR count). The van der Waals surface area contributed by atoms with Crippen molar-refractivity contribution in [2.45, 2.75) is 31.1 Å². The lowest BCUT2D eigenvalue weighted by atomic mass is 9.90. The minimum absolute atomic E-state index is 0.00736. The molecule has 1 aliphatic rings. The summed E-state index contributed by atoms with van der Waals surface area (Å²) in [6.45, 7) is -0.00736. The number of aliphatic hydroxyl groups is 2. The molecule has 1 aromatic carbocycles. The molecule has 0 heterocycles. The fraction of sp³-hybridized carbons (Fsp3) is 0.353. The molecule has 28 heavy (non-hydrogen) atoms. The Balaban J connectivity index is 2.03. The summed E-state index contributed by atoms with van der Waals surface area (Å²) in [6.07, 6.45) is -1.74. The van der Waals surface area contributed by atoms with Crippen molar-refractivity contribution in [1.82, 2.24) is 10.6 Å². The van der Waals surface area contributed by atoms with Crippen LogP contribution in [-0.2, 0) is 9.59 Å². The number of urea groups is 1. The smallest absolute Gasteiger partial charge is 0.319 e. The fourth-order valence-corrected chi connectivity index (χ4v) is 2.58. The van der Waals surface area contributed by atoms with Gasteiger partial charge in [-0.05, 0) is 12.1 Å². The Bertz CT molecular complexity index is 802. The summed E-state index contributed by atoms with van der Waals surface area (Å²) < 4.78 is 26.5. The average molecular weight is 398 g/mol. The van der Waals surface area contributed by atoms with Crippen LogP contribution in [0, 0.1) is 11.6 Å². The maximum Gasteiger partial charge on any atom is 0.319 e. The number of carbonyl (C=O) groups excluding carboxylic acids is 3. The number of anilines is 1. The van der Waals surface area contributed by atoms with Gasteiger partial charge in [-0.1, -0.05) is 6.08 Å². The second-order valence-corrected chi connectivity index (χ2v) is 6.17. The Morgan fingerprint density at radius 1 is 1.21 bits per heavy atom. The van der Waals surface area contributed by atoms with E-state index in [-0.39, 0.29) is 30.6 Å². The molecule has 0 unspecified atom stereocenters. The Morgan fingerprint density at radius 3 is 2.57 bits per heavy atom. The van der Waals surface area contributed by atoms with Crippen LogP contribution in [0.5, 0.6) is 0 Å². The van der Waals surface area contributed by atoms with Crippen LogP contribution in [0.3, 0.4) is 0 Å². The Labute approximate surface area is 158 Å². The first kappa shape index (κ1) is 21.3. The molecule has 1 aliphatic carbocycles. The average Bonchev–Trinajstić information content (AvgIpc) is 2.60. The number of aliphatic hydroxyl groups excluding tert-OH is 2. The molecule has 9 nitrogen and oxygen atoms in total. The lowest BCUT2D eigenvalue weighted by Crippen LogP contribution is -2.52. The van der Waals surface area contributed by atoms with Crippen molar-refractivity contribution in [2.75, 3.05) is 11.9 Å². The third kappa shape index (κ3) is 5.72. The lowest BCUT2D eigenvalue weighted by Gasteiger charge is -2.31. The first-order valence-electron chi connectivity index (χ1n) is 8.33. The van der Waals surface area contributed by atoms with Crippen LogP contribution < -0.4 is 21.7 Å². The molecule has 3 atom stereocenters. The van der Waals surface area contributed by atoms with Gasteiger partial charge in [0.2, 0.25) is 11.8 Å². The van der Waals surface area contributed by atoms with E-state index in [1.807, 2.05) is 0 Å². The summed E-state index contributed by atoms with van der Waals surface area (Å²) in [7, 11) is 0. The van der Waals surface area contributed by atoms with Crippen molar-refractivity contribution >= 4 is 23.5 Å². The van der Waals surface area contributed by atoms with Crippen LogP contribution in [0.2, 0.25) is 0 Å². The molecule has 152 valence electrons. The highest BCUT2D eigenvalue weighted by molar-refractivity contribution is 5.94. The first-order valence-corrected chi connectivity index (χ1v) is 8.33. The number of primary amides is 1. The predicted molar refractivity (Wildman–Crippen MR) is 93.8 cm³/mol. The maximum absolute atomic E-state index is 13.6. The summed E-state index contributed by atoms with van der Waals surface area (Å²) in [5.41, 5.74) is 4.77. The summed E-state index contributed by atoms with van der Waals surface area (Å²) in [6, 6.07) is 0.469. The van der Waals surface area contributed by atoms with E-state index in [2.05, 4.69) is 16.0 Å². The van der Waals surface area contributed by atoms with Crippen molar-refractivity contribution in [3.05, 3.63) is 41.5 Å². The minimum Gasteiger partial charge on any atom is -0.390 e. The van der Waals surface area contributed by atoms with E-state index in [4.69, 9.17) is 5.73 Å². The van der Waals surface area contributed by atoms with E-state index in [9.17, 15) is 33.4 Å². The van der Waals surface area contributed by atoms with Crippen LogP contribution in [0.25, 0.3) is 0 Å². The molecule has 0 fully saturated rings. The molecule has 1 aromatic rings. The van der Waals surface area contributed by atoms with Gasteiger partial charge in [0.1, 0.15) is 17.7 Å². The zero-order valence-corrected chi connectivity index (χ0v) is 14.6. The van der Waals surface area contributed by atoms with Crippen molar-refractivity contribution in [1.29, 1.82) is 0 Å². The van der Waals surface area contributed by atoms with Gasteiger partial charge in [0, 0.05) is 31.0 Å². The molecule has 4 amide bonds. The lowest BCUT2D eigenvalue weighted by molar-refractivity contribution is -0.119. The molecule has 0 saturated carbocycles. The van der Waals surface area contributed by atoms with Crippen LogP contribution in [0.1, 0.15) is 12.8 Å². The molecule has 0 aliphatic heterocycles. The Morgan fingerprint density at radius 2 is 1.93 bits per heavy atom. The third-order valence-electron chi connectivity index (χ3n) is 4.00. The second kappa shape index (κ2) is 9.24. The molecule has 0 spiro atoms. The van der Waals surface area contributed by atoms with Crippen LogP contribution in [-0.4, -0.2) is 52.9 Å². The zero-order chi connectivity index (χ0) is 20.8. The van der Waals surface area contributed by atoms with Crippen LogP contribution in [0.4, 0.5) is 19.3 Å². The number of halogens is 2. The molecular formula is C17H20F2N4O5. The Hall–Kier alpha value is -3.05. The van der Waals surface area contributed by atoms with E-state index >= 15 is 0 Å². The predicted octanol–water partition coefficient (Wildman–Crippen LogP) is -0.502. The summed E-state index contributed by atoms with van der Waals surface area (Å²) in [5, 5.41) is 26.9. The molecule has 0 radical (unpaired) electrons. The van der Waals surface area contributed by atoms with Crippen molar-refractivity contribution < 1.29 is 33.4 Å². The first-order chi connectivity index (χ1) is 13.2. The largest absolute Gasteiger partial charge is 0.390 e. The molecular weight excluding hydrogens is 378 g/mol. The maximum atomic E-state index is 13.6. The molecule has 0 aromatic heterocycles. The van der Waals surface area contributed by atoms with Gasteiger partial charge in [0.05, 0.1) is 17.8 Å². The summed E-state index contributed by atoms with van der Waals surface area (Å²) in [4.78, 5) is 34.8. The quantitative estimate of drug-likeness (QED) is 0.381. The van der Waals surface area contributed by atoms with Gasteiger partial charge in [-0.25, -0.2) is 13.6 Å². The topological polar surface area (TPSA) is 154 Å². The van der Waals surface area contributed by atoms with Crippen LogP contribution in [0.15, 0.2) is 29.8 Å². The van der Waals surface area contributed by atoms with Gasteiger partial charge in [0.15, 0.2) is 0 Å². The third-order valence-corrected chi connectivity index (χ3v) is 4.00. The number of nitrogens with one attached hydrogen (secondary N) is 3. The van der Waals surface area contributed by atoms with E-state index in [1.54, 1.807) is 0 Å². The number of rotatable bonds is 6. The highest BCUT2D eigenvalue weighted by Gasteiger charge is 2.33. The summed E-state index contributed by atoms with van der Waals surface area (Å²) in [5.74, 6) is -3.00. The van der Waals surface area contributed by atoms with E-state index in [0.29, 0.717) is 6.07 Å². The fourth-order valence-electron chi connectivity index (χ4n) is 2.58. The SMILES string of the molecule is NC(=O)CCNC(=O)C1=C[C@@H](NC(=O)Nc2ccc(F)cc2F)[C@@H](O)[C@H](O)C1. The van der Waals surface area contributed by atoms with Gasteiger partial charge in [-0.15, -0.1) is 0 Å². The van der Waals surface area contributed by atoms with Crippen molar-refractivity contribution in [3.63, 3.8) is 0 Å². The molecule has 0 saturated heterocycles. The highest BCUT2D eigenvalue weighted by atomic mass is 19.1. The summed E-state index contributed by atoms with van der Waals surface area (Å²) >= 11 is 0. The van der Waals surface area contributed by atoms with E-state index in [0.717, 1.165) is 12.1 Å².